The molecular formula is C27H24ClN5O4S. The SMILES string of the molecule is COc1cc([N+](=O)[O-])ccc1-n1c(C)cc([C@H]2[C@H](c3ccccn3)NC(=S)N2c2cc(Cl)ccc2O)c1C. The Kier molecular flexibility index (Phi) is 6.68. The van der Waals surface area contributed by atoms with Crippen molar-refractivity contribution >= 4 is 40.3 Å². The number of ether oxygens (including phenoxy) is 1. The third-order valence-corrected chi connectivity index (χ3v) is 7.25. The Morgan fingerprint density at radius 2 is 1.92 bits per heavy atom. The molecule has 1 aliphatic rings. The first-order valence-corrected chi connectivity index (χ1v) is 12.5. The number of phenols is 1. The Labute approximate surface area is 229 Å². The summed E-state index contributed by atoms with van der Waals surface area (Å²) in [5.74, 6) is 0.411. The van der Waals surface area contributed by atoms with E-state index in [0.29, 0.717) is 27.3 Å². The van der Waals surface area contributed by atoms with Crippen LogP contribution in [0.15, 0.2) is 66.9 Å². The van der Waals surface area contributed by atoms with Gasteiger partial charge in [-0.2, -0.15) is 0 Å². The van der Waals surface area contributed by atoms with Crippen LogP contribution in [0.3, 0.4) is 0 Å². The van der Waals surface area contributed by atoms with Gasteiger partial charge < -0.3 is 24.6 Å². The number of non-ortho nitro benzene ring substituents is 1. The van der Waals surface area contributed by atoms with E-state index in [1.54, 1.807) is 24.4 Å². The molecule has 1 aliphatic heterocycles. The fraction of sp³-hybridized carbons (Fsp3) is 0.185. The molecule has 0 unspecified atom stereocenters. The first-order chi connectivity index (χ1) is 18.2. The fourth-order valence-electron chi connectivity index (χ4n) is 5.04. The van der Waals surface area contributed by atoms with Crippen LogP contribution in [0.1, 0.15) is 34.7 Å². The third kappa shape index (κ3) is 4.31. The normalized spacial score (nSPS) is 16.9. The van der Waals surface area contributed by atoms with Gasteiger partial charge in [0, 0.05) is 28.7 Å². The summed E-state index contributed by atoms with van der Waals surface area (Å²) in [5.41, 5.74) is 4.54. The minimum absolute atomic E-state index is 0.0380. The van der Waals surface area contributed by atoms with E-state index in [0.717, 1.165) is 22.6 Å². The van der Waals surface area contributed by atoms with Gasteiger partial charge in [0.2, 0.25) is 0 Å². The van der Waals surface area contributed by atoms with Crippen molar-refractivity contribution in [1.82, 2.24) is 14.9 Å². The summed E-state index contributed by atoms with van der Waals surface area (Å²) in [7, 11) is 1.48. The van der Waals surface area contributed by atoms with Crippen LogP contribution in [0.25, 0.3) is 5.69 Å². The molecule has 0 bridgehead atoms. The molecule has 1 saturated heterocycles. The number of nitrogens with zero attached hydrogens (tertiary/aromatic N) is 4. The van der Waals surface area contributed by atoms with E-state index in [4.69, 9.17) is 28.6 Å². The summed E-state index contributed by atoms with van der Waals surface area (Å²) >= 11 is 12.1. The molecule has 0 radical (unpaired) electrons. The van der Waals surface area contributed by atoms with Gasteiger partial charge in [-0.3, -0.25) is 15.1 Å². The second-order valence-electron chi connectivity index (χ2n) is 8.90. The monoisotopic (exact) mass is 549 g/mol. The maximum Gasteiger partial charge on any atom is 0.273 e. The Balaban J connectivity index is 1.71. The zero-order valence-electron chi connectivity index (χ0n) is 20.8. The van der Waals surface area contributed by atoms with Gasteiger partial charge in [-0.1, -0.05) is 17.7 Å². The number of phenolic OH excluding ortho intramolecular Hbond substituents is 1. The summed E-state index contributed by atoms with van der Waals surface area (Å²) in [6, 6.07) is 16.4. The lowest BCUT2D eigenvalue weighted by Crippen LogP contribution is -2.29. The number of halogens is 1. The molecule has 2 atom stereocenters. The number of nitrogens with one attached hydrogen (secondary N) is 1. The second kappa shape index (κ2) is 9.96. The number of pyridine rings is 1. The molecule has 3 heterocycles. The number of hydrogen-bond donors (Lipinski definition) is 2. The van der Waals surface area contributed by atoms with Gasteiger partial charge in [-0.15, -0.1) is 0 Å². The summed E-state index contributed by atoms with van der Waals surface area (Å²) in [4.78, 5) is 17.3. The number of benzene rings is 2. The lowest BCUT2D eigenvalue weighted by atomic mass is 9.96. The van der Waals surface area contributed by atoms with Crippen LogP contribution in [0, 0.1) is 24.0 Å². The van der Waals surface area contributed by atoms with Gasteiger partial charge in [-0.05, 0) is 74.1 Å². The largest absolute Gasteiger partial charge is 0.506 e. The second-order valence-corrected chi connectivity index (χ2v) is 9.73. The molecule has 5 rings (SSSR count). The Morgan fingerprint density at radius 3 is 2.61 bits per heavy atom. The summed E-state index contributed by atoms with van der Waals surface area (Å²) in [5, 5.41) is 26.4. The van der Waals surface area contributed by atoms with E-state index in [1.807, 2.05) is 47.6 Å². The van der Waals surface area contributed by atoms with Crippen molar-refractivity contribution in [2.45, 2.75) is 25.9 Å². The van der Waals surface area contributed by atoms with Crippen molar-refractivity contribution < 1.29 is 14.8 Å². The lowest BCUT2D eigenvalue weighted by Gasteiger charge is -2.29. The molecule has 194 valence electrons. The van der Waals surface area contributed by atoms with Crippen LogP contribution in [-0.2, 0) is 0 Å². The fourth-order valence-corrected chi connectivity index (χ4v) is 5.55. The number of thiocarbonyl (C=S) groups is 1. The van der Waals surface area contributed by atoms with Crippen molar-refractivity contribution in [2.24, 2.45) is 0 Å². The van der Waals surface area contributed by atoms with Crippen molar-refractivity contribution in [2.75, 3.05) is 12.0 Å². The quantitative estimate of drug-likeness (QED) is 0.173. The highest BCUT2D eigenvalue weighted by Crippen LogP contribution is 2.47. The molecule has 0 amide bonds. The van der Waals surface area contributed by atoms with Crippen molar-refractivity contribution in [3.63, 3.8) is 0 Å². The molecule has 2 N–H and O–H groups in total. The van der Waals surface area contributed by atoms with E-state index in [-0.39, 0.29) is 17.5 Å². The van der Waals surface area contributed by atoms with Crippen molar-refractivity contribution in [1.29, 1.82) is 0 Å². The summed E-state index contributed by atoms with van der Waals surface area (Å²) in [6.07, 6.45) is 1.72. The standard InChI is InChI=1S/C27H24ClN5O4S/c1-15-12-19(16(2)31(15)21-9-8-18(33(35)36)14-24(21)37-3)26-25(20-6-4-5-11-29-20)30-27(38)32(26)22-13-17(28)7-10-23(22)34/h4-14,25-26,34H,1-3H3,(H,30,38)/t25-,26-/m0/s1. The molecule has 38 heavy (non-hydrogen) atoms. The highest BCUT2D eigenvalue weighted by molar-refractivity contribution is 7.80. The molecule has 0 spiro atoms. The Hall–Kier alpha value is -4.15. The van der Waals surface area contributed by atoms with Gasteiger partial charge in [0.25, 0.3) is 5.69 Å². The maximum absolute atomic E-state index is 11.3. The van der Waals surface area contributed by atoms with Crippen LogP contribution in [0.4, 0.5) is 11.4 Å². The molecule has 0 saturated carbocycles. The van der Waals surface area contributed by atoms with Gasteiger partial charge in [-0.25, -0.2) is 0 Å². The Morgan fingerprint density at radius 1 is 1.13 bits per heavy atom. The average molecular weight is 550 g/mol. The molecule has 0 aliphatic carbocycles. The van der Waals surface area contributed by atoms with Gasteiger partial charge >= 0.3 is 0 Å². The lowest BCUT2D eigenvalue weighted by molar-refractivity contribution is -0.384. The van der Waals surface area contributed by atoms with E-state index < -0.39 is 11.0 Å². The number of nitro groups is 1. The summed E-state index contributed by atoms with van der Waals surface area (Å²) < 4.78 is 7.53. The highest BCUT2D eigenvalue weighted by Gasteiger charge is 2.43. The molecular weight excluding hydrogens is 526 g/mol. The molecule has 9 nitrogen and oxygen atoms in total. The van der Waals surface area contributed by atoms with Crippen molar-refractivity contribution in [3.8, 4) is 17.2 Å². The van der Waals surface area contributed by atoms with Crippen molar-refractivity contribution in [3.05, 3.63) is 105 Å². The third-order valence-electron chi connectivity index (χ3n) is 6.70. The first-order valence-electron chi connectivity index (χ1n) is 11.7. The van der Waals surface area contributed by atoms with E-state index in [2.05, 4.69) is 10.3 Å². The molecule has 1 fully saturated rings. The zero-order chi connectivity index (χ0) is 27.1. The van der Waals surface area contributed by atoms with Crippen LogP contribution < -0.4 is 15.0 Å². The Bertz CT molecular complexity index is 1560. The molecule has 2 aromatic heterocycles. The number of aromatic nitrogens is 2. The summed E-state index contributed by atoms with van der Waals surface area (Å²) in [6.45, 7) is 3.92. The van der Waals surface area contributed by atoms with Crippen LogP contribution >= 0.6 is 23.8 Å². The van der Waals surface area contributed by atoms with Crippen LogP contribution in [0.2, 0.25) is 5.02 Å². The topological polar surface area (TPSA) is 106 Å². The maximum atomic E-state index is 11.3. The molecule has 2 aromatic carbocycles. The van der Waals surface area contributed by atoms with Gasteiger partial charge in [0.1, 0.15) is 11.5 Å². The van der Waals surface area contributed by atoms with E-state index >= 15 is 0 Å². The molecule has 4 aromatic rings. The zero-order valence-corrected chi connectivity index (χ0v) is 22.3. The average Bonchev–Trinajstić information content (AvgIpc) is 3.40. The van der Waals surface area contributed by atoms with E-state index in [1.165, 1.54) is 25.3 Å². The predicted octanol–water partition coefficient (Wildman–Crippen LogP) is 5.94. The first kappa shape index (κ1) is 25.5. The van der Waals surface area contributed by atoms with Gasteiger partial charge in [0.05, 0.1) is 47.3 Å². The number of nitro benzene ring substituents is 1. The number of hydrogen-bond acceptors (Lipinski definition) is 6. The number of anilines is 1. The minimum Gasteiger partial charge on any atom is -0.506 e. The highest BCUT2D eigenvalue weighted by atomic mass is 35.5. The number of methoxy groups -OCH3 is 1. The predicted molar refractivity (Wildman–Crippen MR) is 149 cm³/mol. The smallest absolute Gasteiger partial charge is 0.273 e. The molecule has 11 heteroatoms. The number of aryl methyl sites for hydroxylation is 1. The van der Waals surface area contributed by atoms with Crippen LogP contribution in [0.5, 0.6) is 11.5 Å². The minimum atomic E-state index is -0.453. The number of aromatic hydroxyl groups is 1. The van der Waals surface area contributed by atoms with E-state index in [9.17, 15) is 15.2 Å². The number of rotatable bonds is 6. The van der Waals surface area contributed by atoms with Gasteiger partial charge in [0.15, 0.2) is 5.11 Å². The van der Waals surface area contributed by atoms with Crippen LogP contribution in [-0.4, -0.2) is 31.8 Å².